The molecule has 32 heavy (non-hydrogen) atoms. The number of rotatable bonds is 7. The average Bonchev–Trinajstić information content (AvgIpc) is 3.20. The summed E-state index contributed by atoms with van der Waals surface area (Å²) < 4.78 is 27.5. The van der Waals surface area contributed by atoms with Crippen molar-refractivity contribution in [2.24, 2.45) is 0 Å². The Bertz CT molecular complexity index is 1190. The summed E-state index contributed by atoms with van der Waals surface area (Å²) >= 11 is 1.07. The first-order valence-corrected chi connectivity index (χ1v) is 11.0. The van der Waals surface area contributed by atoms with Gasteiger partial charge in [0.1, 0.15) is 0 Å². The molecule has 9 nitrogen and oxygen atoms in total. The van der Waals surface area contributed by atoms with Crippen LogP contribution in [0.3, 0.4) is 0 Å². The van der Waals surface area contributed by atoms with E-state index in [0.29, 0.717) is 25.0 Å². The van der Waals surface area contributed by atoms with Crippen LogP contribution in [0.5, 0.6) is 0 Å². The molecule has 1 fully saturated rings. The van der Waals surface area contributed by atoms with Crippen molar-refractivity contribution in [2.45, 2.75) is 36.4 Å². The molecule has 3 heterocycles. The number of thioether (sulfide) groups is 1. The molecule has 2 aromatic heterocycles. The fourth-order valence-corrected chi connectivity index (χ4v) is 4.16. The predicted octanol–water partition coefficient (Wildman–Crippen LogP) is 1.65. The molecule has 1 aliphatic rings. The molecule has 0 bridgehead atoms. The molecule has 170 valence electrons. The lowest BCUT2D eigenvalue weighted by Gasteiger charge is -2.18. The Morgan fingerprint density at radius 1 is 1.34 bits per heavy atom. The van der Waals surface area contributed by atoms with Crippen molar-refractivity contribution in [3.8, 4) is 0 Å². The summed E-state index contributed by atoms with van der Waals surface area (Å²) in [5, 5.41) is 22.5. The number of hydrogen-bond donors (Lipinski definition) is 4. The number of nitrogens with one attached hydrogen (secondary N) is 2. The van der Waals surface area contributed by atoms with Crippen molar-refractivity contribution in [3.05, 3.63) is 45.8 Å². The maximum absolute atomic E-state index is 14.0. The van der Waals surface area contributed by atoms with Gasteiger partial charge in [-0.2, -0.15) is 0 Å². The Kier molecular flexibility index (Phi) is 6.53. The van der Waals surface area contributed by atoms with Crippen molar-refractivity contribution in [1.82, 2.24) is 19.9 Å². The van der Waals surface area contributed by atoms with Gasteiger partial charge < -0.3 is 25.4 Å². The van der Waals surface area contributed by atoms with Crippen molar-refractivity contribution in [1.29, 1.82) is 0 Å². The highest BCUT2D eigenvalue weighted by atomic mass is 32.2. The number of aromatic amines is 1. The molecular formula is C20H22F2N6O3S. The van der Waals surface area contributed by atoms with Gasteiger partial charge in [0.2, 0.25) is 0 Å². The number of halogens is 2. The van der Waals surface area contributed by atoms with E-state index in [0.717, 1.165) is 17.8 Å². The van der Waals surface area contributed by atoms with Gasteiger partial charge in [0.15, 0.2) is 39.6 Å². The summed E-state index contributed by atoms with van der Waals surface area (Å²) in [6, 6.07) is 3.57. The van der Waals surface area contributed by atoms with Gasteiger partial charge in [0.05, 0.1) is 12.7 Å². The van der Waals surface area contributed by atoms with Gasteiger partial charge in [-0.1, -0.05) is 23.9 Å². The molecule has 12 heteroatoms. The van der Waals surface area contributed by atoms with Gasteiger partial charge in [-0.25, -0.2) is 23.7 Å². The zero-order valence-corrected chi connectivity index (χ0v) is 18.0. The number of β-amino-alcohol motifs (C(OH)–C–C–N with tert-alkyl or cyclic N) is 1. The molecule has 3 aromatic rings. The monoisotopic (exact) mass is 464 g/mol. The predicted molar refractivity (Wildman–Crippen MR) is 117 cm³/mol. The molecule has 0 unspecified atom stereocenters. The Morgan fingerprint density at radius 2 is 2.16 bits per heavy atom. The van der Waals surface area contributed by atoms with E-state index in [2.05, 4.69) is 25.3 Å². The number of aliphatic hydroxyl groups is 2. The van der Waals surface area contributed by atoms with Crippen LogP contribution in [0.1, 0.15) is 18.9 Å². The third-order valence-corrected chi connectivity index (χ3v) is 5.92. The number of fused-ring (bicyclic) bond motifs is 1. The molecule has 0 aliphatic carbocycles. The molecule has 0 radical (unpaired) electrons. The minimum absolute atomic E-state index is 0.0749. The SMILES string of the molecule is C[C@H](CO)Nc1nc(SCc2cccc(F)c2F)nc2[nH]c(=O)c(N3CC[C@@H](O)C3)nc12. The molecule has 1 saturated heterocycles. The van der Waals surface area contributed by atoms with Crippen LogP contribution >= 0.6 is 11.8 Å². The second-order valence-corrected chi connectivity index (χ2v) is 8.50. The highest BCUT2D eigenvalue weighted by Crippen LogP contribution is 2.27. The molecule has 0 spiro atoms. The van der Waals surface area contributed by atoms with Gasteiger partial charge in [-0.3, -0.25) is 4.79 Å². The van der Waals surface area contributed by atoms with Crippen LogP contribution in [-0.2, 0) is 5.75 Å². The van der Waals surface area contributed by atoms with Crippen LogP contribution in [0, 0.1) is 11.6 Å². The smallest absolute Gasteiger partial charge is 0.292 e. The first-order valence-electron chi connectivity index (χ1n) is 10.0. The van der Waals surface area contributed by atoms with Crippen LogP contribution in [0.15, 0.2) is 28.2 Å². The summed E-state index contributed by atoms with van der Waals surface area (Å²) in [5.41, 5.74) is 0.163. The van der Waals surface area contributed by atoms with Crippen LogP contribution < -0.4 is 15.8 Å². The average molecular weight is 464 g/mol. The molecule has 0 saturated carbocycles. The van der Waals surface area contributed by atoms with E-state index in [1.165, 1.54) is 12.1 Å². The molecule has 4 rings (SSSR count). The number of aromatic nitrogens is 4. The first kappa shape index (κ1) is 22.4. The molecule has 2 atom stereocenters. The fourth-order valence-electron chi connectivity index (χ4n) is 3.34. The van der Waals surface area contributed by atoms with Crippen molar-refractivity contribution in [3.63, 3.8) is 0 Å². The third-order valence-electron chi connectivity index (χ3n) is 5.02. The van der Waals surface area contributed by atoms with E-state index in [-0.39, 0.29) is 46.4 Å². The molecular weight excluding hydrogens is 442 g/mol. The second-order valence-electron chi connectivity index (χ2n) is 7.56. The second kappa shape index (κ2) is 9.35. The number of anilines is 2. The lowest BCUT2D eigenvalue weighted by atomic mass is 10.2. The lowest BCUT2D eigenvalue weighted by Crippen LogP contribution is -2.29. The van der Waals surface area contributed by atoms with Gasteiger partial charge in [0, 0.05) is 30.4 Å². The fraction of sp³-hybridized carbons (Fsp3) is 0.400. The number of benzene rings is 1. The topological polar surface area (TPSA) is 127 Å². The normalized spacial score (nSPS) is 17.2. The minimum atomic E-state index is -0.935. The van der Waals surface area contributed by atoms with Crippen LogP contribution in [-0.4, -0.2) is 62.0 Å². The highest BCUT2D eigenvalue weighted by Gasteiger charge is 2.25. The van der Waals surface area contributed by atoms with Gasteiger partial charge in [-0.05, 0) is 19.4 Å². The number of aliphatic hydroxyl groups excluding tert-OH is 2. The van der Waals surface area contributed by atoms with Crippen molar-refractivity contribution in [2.75, 3.05) is 29.9 Å². The maximum Gasteiger partial charge on any atom is 0.292 e. The zero-order chi connectivity index (χ0) is 22.8. The Labute approximate surface area is 185 Å². The van der Waals surface area contributed by atoms with Gasteiger partial charge in [-0.15, -0.1) is 0 Å². The van der Waals surface area contributed by atoms with Crippen molar-refractivity contribution >= 4 is 34.6 Å². The Morgan fingerprint density at radius 3 is 2.88 bits per heavy atom. The summed E-state index contributed by atoms with van der Waals surface area (Å²) in [5.74, 6) is -1.35. The summed E-state index contributed by atoms with van der Waals surface area (Å²) in [6.45, 7) is 2.36. The number of H-pyrrole nitrogens is 1. The summed E-state index contributed by atoms with van der Waals surface area (Å²) in [6.07, 6.45) is 0.00582. The molecule has 1 aromatic carbocycles. The largest absolute Gasteiger partial charge is 0.394 e. The van der Waals surface area contributed by atoms with E-state index >= 15 is 0 Å². The van der Waals surface area contributed by atoms with Crippen molar-refractivity contribution < 1.29 is 19.0 Å². The van der Waals surface area contributed by atoms with E-state index in [4.69, 9.17) is 0 Å². The van der Waals surface area contributed by atoms with E-state index in [1.807, 2.05) is 0 Å². The number of nitrogens with zero attached hydrogens (tertiary/aromatic N) is 4. The Balaban J connectivity index is 1.71. The standard InChI is InChI=1S/C20H22F2N6O3S/c1-10(8-29)23-16-15-17(25-19(31)18(24-15)28-6-5-12(30)7-28)27-20(26-16)32-9-11-3-2-4-13(21)14(11)22/h2-4,10,12,29-30H,5-9H2,1H3,(H2,23,25,26,27,31)/t10-,12-/m1/s1. The summed E-state index contributed by atoms with van der Waals surface area (Å²) in [7, 11) is 0. The molecule has 1 aliphatic heterocycles. The van der Waals surface area contributed by atoms with E-state index in [9.17, 15) is 23.8 Å². The zero-order valence-electron chi connectivity index (χ0n) is 17.2. The molecule has 0 amide bonds. The van der Waals surface area contributed by atoms with Crippen LogP contribution in [0.2, 0.25) is 0 Å². The van der Waals surface area contributed by atoms with Crippen LogP contribution in [0.25, 0.3) is 11.2 Å². The van der Waals surface area contributed by atoms with Gasteiger partial charge in [0.25, 0.3) is 5.56 Å². The van der Waals surface area contributed by atoms with E-state index in [1.54, 1.807) is 11.8 Å². The third kappa shape index (κ3) is 4.66. The Hall–Kier alpha value is -2.83. The quantitative estimate of drug-likeness (QED) is 0.305. The van der Waals surface area contributed by atoms with E-state index < -0.39 is 23.3 Å². The highest BCUT2D eigenvalue weighted by molar-refractivity contribution is 7.98. The van der Waals surface area contributed by atoms with Gasteiger partial charge >= 0.3 is 0 Å². The maximum atomic E-state index is 14.0. The lowest BCUT2D eigenvalue weighted by molar-refractivity contribution is 0.198. The summed E-state index contributed by atoms with van der Waals surface area (Å²) in [4.78, 5) is 30.2. The molecule has 4 N–H and O–H groups in total. The number of hydrogen-bond acceptors (Lipinski definition) is 9. The first-order chi connectivity index (χ1) is 15.4. The van der Waals surface area contributed by atoms with Crippen LogP contribution in [0.4, 0.5) is 20.4 Å². The minimum Gasteiger partial charge on any atom is -0.394 e.